The maximum Gasteiger partial charge on any atom is 0.252 e. The van der Waals surface area contributed by atoms with Gasteiger partial charge in [0.25, 0.3) is 6.71 Å². The molecule has 5 aliphatic rings. The van der Waals surface area contributed by atoms with Crippen molar-refractivity contribution >= 4 is 57.2 Å². The minimum absolute atomic E-state index is 0.0162. The van der Waals surface area contributed by atoms with Crippen LogP contribution in [0.3, 0.4) is 0 Å². The van der Waals surface area contributed by atoms with Crippen molar-refractivity contribution in [2.75, 3.05) is 9.80 Å². The summed E-state index contributed by atoms with van der Waals surface area (Å²) in [5, 5.41) is 0. The molecule has 2 heterocycles. The van der Waals surface area contributed by atoms with E-state index in [0.717, 1.165) is 64.5 Å². The Balaban J connectivity index is 1.28. The Morgan fingerprint density at radius 2 is 0.952 bits per heavy atom. The third-order valence-corrected chi connectivity index (χ3v) is 16.2. The molecular formula is C59H65BN2. The van der Waals surface area contributed by atoms with Crippen LogP contribution >= 0.6 is 0 Å². The molecule has 2 nitrogen and oxygen atoms in total. The van der Waals surface area contributed by atoms with Gasteiger partial charge >= 0.3 is 0 Å². The van der Waals surface area contributed by atoms with Gasteiger partial charge in [-0.15, -0.1) is 0 Å². The number of fused-ring (bicyclic) bond motifs is 7. The van der Waals surface area contributed by atoms with Crippen LogP contribution in [0, 0.1) is 13.8 Å². The highest BCUT2D eigenvalue weighted by atomic mass is 15.2. The number of hydrogen-bond donors (Lipinski definition) is 0. The van der Waals surface area contributed by atoms with Crippen molar-refractivity contribution in [2.24, 2.45) is 0 Å². The van der Waals surface area contributed by atoms with Crippen LogP contribution in [-0.2, 0) is 32.5 Å². The van der Waals surface area contributed by atoms with E-state index in [4.69, 9.17) is 4.11 Å². The average Bonchev–Trinajstić information content (AvgIpc) is 3.61. The second-order valence-corrected chi connectivity index (χ2v) is 23.9. The molecule has 6 aromatic carbocycles. The standard InChI is InChI=1S/C59H65BN2/c1-35-24-51-53-52(25-35)62(48-30-44-41(26-36(48)2)55(5,6)33-58(44,11)12)50-31-45-43(57(9,10)34-59(45,13)14)29-47(50)60(53)46-23-20-38(37-18-16-15-17-19-37)27-49(46)61(51)39-21-22-40-42(28-39)56(7,8)32-54(40,3)4/h15-31H,32-34H2,1-14H3/i1D3. The van der Waals surface area contributed by atoms with Crippen LogP contribution in [0.1, 0.15) is 151 Å². The van der Waals surface area contributed by atoms with E-state index in [1.165, 1.54) is 55.3 Å². The van der Waals surface area contributed by atoms with Crippen molar-refractivity contribution < 1.29 is 4.11 Å². The molecule has 62 heavy (non-hydrogen) atoms. The van der Waals surface area contributed by atoms with Crippen LogP contribution in [0.5, 0.6) is 0 Å². The van der Waals surface area contributed by atoms with Crippen LogP contribution in [0.25, 0.3) is 11.1 Å². The first kappa shape index (κ1) is 36.5. The number of anilines is 6. The van der Waals surface area contributed by atoms with Gasteiger partial charge in [0.05, 0.1) is 0 Å². The molecule has 6 aromatic rings. The molecule has 0 spiro atoms. The van der Waals surface area contributed by atoms with Crippen LogP contribution in [0.2, 0.25) is 0 Å². The van der Waals surface area contributed by atoms with Crippen LogP contribution in [0.4, 0.5) is 34.1 Å². The summed E-state index contributed by atoms with van der Waals surface area (Å²) >= 11 is 0. The Morgan fingerprint density at radius 1 is 0.435 bits per heavy atom. The molecule has 0 N–H and O–H groups in total. The molecule has 0 bridgehead atoms. The average molecular weight is 816 g/mol. The van der Waals surface area contributed by atoms with Gasteiger partial charge in [0, 0.05) is 38.2 Å². The summed E-state index contributed by atoms with van der Waals surface area (Å²) in [6, 6.07) is 38.9. The zero-order valence-electron chi connectivity index (χ0n) is 42.4. The first-order valence-corrected chi connectivity index (χ1v) is 23.2. The Morgan fingerprint density at radius 3 is 1.56 bits per heavy atom. The summed E-state index contributed by atoms with van der Waals surface area (Å²) in [5.74, 6) is 0. The van der Waals surface area contributed by atoms with E-state index in [1.807, 2.05) is 12.1 Å². The van der Waals surface area contributed by atoms with Gasteiger partial charge in [0.1, 0.15) is 0 Å². The summed E-state index contributed by atoms with van der Waals surface area (Å²) in [5.41, 5.74) is 22.3. The fraction of sp³-hybridized carbons (Fsp3) is 0.390. The highest BCUT2D eigenvalue weighted by molar-refractivity contribution is 7.00. The maximum absolute atomic E-state index is 9.13. The van der Waals surface area contributed by atoms with Crippen molar-refractivity contribution in [3.63, 3.8) is 0 Å². The van der Waals surface area contributed by atoms with E-state index >= 15 is 0 Å². The lowest BCUT2D eigenvalue weighted by molar-refractivity contribution is 0.402. The normalized spacial score (nSPS) is 21.5. The molecule has 0 saturated heterocycles. The lowest BCUT2D eigenvalue weighted by Crippen LogP contribution is -2.61. The second kappa shape index (κ2) is 12.4. The second-order valence-electron chi connectivity index (χ2n) is 23.9. The highest BCUT2D eigenvalue weighted by Gasteiger charge is 2.50. The molecule has 0 unspecified atom stereocenters. The summed E-state index contributed by atoms with van der Waals surface area (Å²) < 4.78 is 27.4. The number of nitrogens with zero attached hydrogens (tertiary/aromatic N) is 2. The van der Waals surface area contributed by atoms with Gasteiger partial charge in [0.15, 0.2) is 0 Å². The molecule has 3 aliphatic carbocycles. The van der Waals surface area contributed by atoms with Gasteiger partial charge in [-0.1, -0.05) is 144 Å². The quantitative estimate of drug-likeness (QED) is 0.164. The Bertz CT molecular complexity index is 3040. The van der Waals surface area contributed by atoms with Crippen molar-refractivity contribution in [1.82, 2.24) is 0 Å². The number of benzene rings is 6. The smallest absolute Gasteiger partial charge is 0.252 e. The number of hydrogen-bond acceptors (Lipinski definition) is 2. The summed E-state index contributed by atoms with van der Waals surface area (Å²) in [6.07, 6.45) is 3.20. The summed E-state index contributed by atoms with van der Waals surface area (Å²) in [4.78, 5) is 4.92. The molecule has 11 rings (SSSR count). The van der Waals surface area contributed by atoms with E-state index in [1.54, 1.807) is 0 Å². The van der Waals surface area contributed by atoms with E-state index in [0.29, 0.717) is 5.56 Å². The van der Waals surface area contributed by atoms with Gasteiger partial charge in [-0.05, 0) is 180 Å². The first-order chi connectivity index (χ1) is 30.2. The Labute approximate surface area is 377 Å². The molecule has 0 radical (unpaired) electrons. The third-order valence-electron chi connectivity index (χ3n) is 16.2. The number of rotatable bonds is 3. The van der Waals surface area contributed by atoms with Crippen molar-refractivity contribution in [1.29, 1.82) is 0 Å². The lowest BCUT2D eigenvalue weighted by Gasteiger charge is -2.45. The molecule has 0 atom stereocenters. The third kappa shape index (κ3) is 5.48. The van der Waals surface area contributed by atoms with Gasteiger partial charge in [-0.3, -0.25) is 0 Å². The van der Waals surface area contributed by atoms with Gasteiger partial charge in [-0.25, -0.2) is 0 Å². The van der Waals surface area contributed by atoms with Crippen molar-refractivity contribution in [2.45, 2.75) is 149 Å². The van der Waals surface area contributed by atoms with E-state index < -0.39 is 6.85 Å². The van der Waals surface area contributed by atoms with Crippen molar-refractivity contribution in [3.8, 4) is 11.1 Å². The summed E-state index contributed by atoms with van der Waals surface area (Å²) in [6.45, 7) is 28.5. The van der Waals surface area contributed by atoms with Crippen LogP contribution < -0.4 is 26.2 Å². The minimum Gasteiger partial charge on any atom is -0.311 e. The van der Waals surface area contributed by atoms with E-state index in [2.05, 4.69) is 191 Å². The van der Waals surface area contributed by atoms with Gasteiger partial charge in [-0.2, -0.15) is 0 Å². The van der Waals surface area contributed by atoms with Crippen molar-refractivity contribution in [3.05, 3.63) is 148 Å². The van der Waals surface area contributed by atoms with Gasteiger partial charge in [0.2, 0.25) is 0 Å². The predicted molar refractivity (Wildman–Crippen MR) is 267 cm³/mol. The first-order valence-electron chi connectivity index (χ1n) is 24.7. The molecule has 0 aromatic heterocycles. The molecular weight excluding hydrogens is 747 g/mol. The van der Waals surface area contributed by atoms with E-state index in [9.17, 15) is 0 Å². The van der Waals surface area contributed by atoms with E-state index in [-0.39, 0.29) is 39.2 Å². The topological polar surface area (TPSA) is 6.48 Å². The molecule has 0 amide bonds. The van der Waals surface area contributed by atoms with Gasteiger partial charge < -0.3 is 9.80 Å². The van der Waals surface area contributed by atoms with Crippen LogP contribution in [-0.4, -0.2) is 6.71 Å². The molecule has 0 saturated carbocycles. The molecule has 2 aliphatic heterocycles. The number of aryl methyl sites for hydroxylation is 2. The highest BCUT2D eigenvalue weighted by Crippen LogP contribution is 2.56. The molecule has 3 heteroatoms. The Hall–Kier alpha value is -5.02. The lowest BCUT2D eigenvalue weighted by atomic mass is 9.33. The minimum atomic E-state index is -2.35. The predicted octanol–water partition coefficient (Wildman–Crippen LogP) is 13.9. The zero-order valence-corrected chi connectivity index (χ0v) is 39.4. The fourth-order valence-corrected chi connectivity index (χ4v) is 14.3. The largest absolute Gasteiger partial charge is 0.311 e. The maximum atomic E-state index is 9.13. The summed E-state index contributed by atoms with van der Waals surface area (Å²) in [7, 11) is 0. The van der Waals surface area contributed by atoms with Crippen LogP contribution in [0.15, 0.2) is 103 Å². The molecule has 314 valence electrons. The SMILES string of the molecule is [2H]C([2H])([2H])c1cc2c3c(c1)N(c1cc4c(cc1C)C(C)(C)CC4(C)C)c1cc4c(cc1B3c1ccc(-c3ccccc3)cc1N2c1ccc2c(c1)C(C)(C)CC2(C)C)C(C)(C)CC4(C)C. The fourth-order valence-electron chi connectivity index (χ4n) is 14.3. The molecule has 0 fully saturated rings. The monoisotopic (exact) mass is 816 g/mol. The zero-order chi connectivity index (χ0) is 46.3. The Kier molecular flexibility index (Phi) is 7.27.